The minimum absolute atomic E-state index is 0.138. The summed E-state index contributed by atoms with van der Waals surface area (Å²) in [4.78, 5) is 37.9. The van der Waals surface area contributed by atoms with Crippen molar-refractivity contribution in [3.05, 3.63) is 52.6 Å². The quantitative estimate of drug-likeness (QED) is 0.772. The van der Waals surface area contributed by atoms with Crippen LogP contribution in [0.25, 0.3) is 0 Å². The molecule has 3 rings (SSSR count). The van der Waals surface area contributed by atoms with Gasteiger partial charge in [-0.05, 0) is 26.8 Å². The molecule has 1 spiro atoms. The van der Waals surface area contributed by atoms with Crippen molar-refractivity contribution in [3.8, 4) is 0 Å². The van der Waals surface area contributed by atoms with Crippen molar-refractivity contribution >= 4 is 23.5 Å². The van der Waals surface area contributed by atoms with Crippen LogP contribution in [0.5, 0.6) is 0 Å². The fraction of sp³-hybridized carbons (Fsp3) is 0.316. The maximum Gasteiger partial charge on any atom is 0.376 e. The molecule has 1 aromatic rings. The predicted molar refractivity (Wildman–Crippen MR) is 95.0 cm³/mol. The van der Waals surface area contributed by atoms with E-state index in [2.05, 4.69) is 5.32 Å². The summed E-state index contributed by atoms with van der Waals surface area (Å²) in [5.74, 6) is -2.85. The summed E-state index contributed by atoms with van der Waals surface area (Å²) in [6, 6.07) is 6.91. The summed E-state index contributed by atoms with van der Waals surface area (Å²) in [5.41, 5.74) is 5.88. The monoisotopic (exact) mass is 372 g/mol. The number of nitrogens with one attached hydrogen (secondary N) is 1. The molecule has 0 radical (unpaired) electrons. The first kappa shape index (κ1) is 18.5. The Balaban J connectivity index is 2.31. The van der Waals surface area contributed by atoms with E-state index in [9.17, 15) is 14.4 Å². The number of fused-ring (bicyclic) bond motifs is 2. The molecule has 0 aromatic heterocycles. The van der Waals surface area contributed by atoms with Gasteiger partial charge in [0.15, 0.2) is 0 Å². The molecule has 8 nitrogen and oxygen atoms in total. The van der Waals surface area contributed by atoms with Gasteiger partial charge in [0.25, 0.3) is 0 Å². The predicted octanol–water partition coefficient (Wildman–Crippen LogP) is 1.48. The van der Waals surface area contributed by atoms with Crippen molar-refractivity contribution in [1.29, 1.82) is 0 Å². The number of amides is 1. The highest BCUT2D eigenvalue weighted by molar-refractivity contribution is 6.13. The number of anilines is 1. The Morgan fingerprint density at radius 2 is 1.85 bits per heavy atom. The number of carbonyl (C=O) groups excluding carboxylic acids is 3. The van der Waals surface area contributed by atoms with Crippen molar-refractivity contribution < 1.29 is 28.6 Å². The normalized spacial score (nSPS) is 21.1. The highest BCUT2D eigenvalue weighted by Crippen LogP contribution is 2.50. The molecule has 1 aromatic carbocycles. The van der Waals surface area contributed by atoms with Gasteiger partial charge in [-0.3, -0.25) is 4.79 Å². The van der Waals surface area contributed by atoms with Gasteiger partial charge in [-0.2, -0.15) is 0 Å². The van der Waals surface area contributed by atoms with Crippen molar-refractivity contribution in [3.63, 3.8) is 0 Å². The summed E-state index contributed by atoms with van der Waals surface area (Å²) in [6.45, 7) is 4.87. The molecule has 3 N–H and O–H groups in total. The number of hydrogen-bond acceptors (Lipinski definition) is 7. The van der Waals surface area contributed by atoms with E-state index in [1.54, 1.807) is 45.0 Å². The molecule has 2 aliphatic heterocycles. The standard InChI is InChI=1S/C19H20N2O6/c1-9(2)26-17(23)14-15(20)19(10(3)13(27-14)16(22)25-4)11-7-5-6-8-12(11)21-18(19)24/h5-9H,20H2,1-4H3,(H,21,24). The summed E-state index contributed by atoms with van der Waals surface area (Å²) in [5, 5.41) is 2.75. The van der Waals surface area contributed by atoms with E-state index in [4.69, 9.17) is 19.9 Å². The van der Waals surface area contributed by atoms with Crippen molar-refractivity contribution in [2.45, 2.75) is 32.3 Å². The van der Waals surface area contributed by atoms with E-state index in [1.165, 1.54) is 7.11 Å². The Kier molecular flexibility index (Phi) is 4.43. The molecule has 0 bridgehead atoms. The van der Waals surface area contributed by atoms with Crippen LogP contribution in [0.3, 0.4) is 0 Å². The van der Waals surface area contributed by atoms with Crippen molar-refractivity contribution in [2.24, 2.45) is 5.73 Å². The Labute approximate surface area is 155 Å². The molecule has 1 amide bonds. The molecule has 0 aliphatic carbocycles. The minimum atomic E-state index is -1.57. The number of carbonyl (C=O) groups is 3. The van der Waals surface area contributed by atoms with Gasteiger partial charge < -0.3 is 25.3 Å². The lowest BCUT2D eigenvalue weighted by atomic mass is 9.71. The Morgan fingerprint density at radius 1 is 1.19 bits per heavy atom. The van der Waals surface area contributed by atoms with Crippen LogP contribution in [0, 0.1) is 0 Å². The largest absolute Gasteiger partial charge is 0.463 e. The molecule has 142 valence electrons. The van der Waals surface area contributed by atoms with Gasteiger partial charge in [0, 0.05) is 16.8 Å². The third-order valence-corrected chi connectivity index (χ3v) is 4.57. The van der Waals surface area contributed by atoms with Crippen LogP contribution < -0.4 is 11.1 Å². The van der Waals surface area contributed by atoms with Gasteiger partial charge in [-0.25, -0.2) is 9.59 Å². The molecule has 8 heteroatoms. The van der Waals surface area contributed by atoms with E-state index in [-0.39, 0.29) is 17.0 Å². The number of nitrogens with two attached hydrogens (primary N) is 1. The summed E-state index contributed by atoms with van der Waals surface area (Å²) < 4.78 is 15.4. The van der Waals surface area contributed by atoms with E-state index >= 15 is 0 Å². The maximum absolute atomic E-state index is 13.1. The molecule has 0 fully saturated rings. The van der Waals surface area contributed by atoms with Gasteiger partial charge in [0.1, 0.15) is 5.41 Å². The lowest BCUT2D eigenvalue weighted by molar-refractivity contribution is -0.148. The Bertz CT molecular complexity index is 915. The average Bonchev–Trinajstić information content (AvgIpc) is 2.91. The molecule has 1 unspecified atom stereocenters. The molecule has 2 heterocycles. The van der Waals surface area contributed by atoms with Gasteiger partial charge in [0.2, 0.25) is 17.4 Å². The maximum atomic E-state index is 13.1. The average molecular weight is 372 g/mol. The highest BCUT2D eigenvalue weighted by Gasteiger charge is 2.57. The molecule has 27 heavy (non-hydrogen) atoms. The van der Waals surface area contributed by atoms with Gasteiger partial charge in [0.05, 0.1) is 18.9 Å². The lowest BCUT2D eigenvalue weighted by Crippen LogP contribution is -2.46. The number of esters is 2. The van der Waals surface area contributed by atoms with Crippen LogP contribution >= 0.6 is 0 Å². The first-order valence-corrected chi connectivity index (χ1v) is 8.34. The summed E-state index contributed by atoms with van der Waals surface area (Å²) >= 11 is 0. The second kappa shape index (κ2) is 6.46. The molecule has 0 saturated heterocycles. The number of hydrogen-bond donors (Lipinski definition) is 2. The zero-order valence-corrected chi connectivity index (χ0v) is 15.4. The highest BCUT2D eigenvalue weighted by atomic mass is 16.6. The van der Waals surface area contributed by atoms with Crippen LogP contribution in [0.1, 0.15) is 26.3 Å². The van der Waals surface area contributed by atoms with Crippen LogP contribution in [0.2, 0.25) is 0 Å². The van der Waals surface area contributed by atoms with E-state index < -0.39 is 35.1 Å². The fourth-order valence-corrected chi connectivity index (χ4v) is 3.38. The third kappa shape index (κ3) is 2.56. The van der Waals surface area contributed by atoms with Gasteiger partial charge in [-0.1, -0.05) is 18.2 Å². The number of rotatable bonds is 3. The fourth-order valence-electron chi connectivity index (χ4n) is 3.38. The zero-order valence-electron chi connectivity index (χ0n) is 15.4. The minimum Gasteiger partial charge on any atom is -0.463 e. The first-order chi connectivity index (χ1) is 12.7. The summed E-state index contributed by atoms with van der Waals surface area (Å²) in [7, 11) is 1.18. The third-order valence-electron chi connectivity index (χ3n) is 4.57. The van der Waals surface area contributed by atoms with Crippen LogP contribution in [0.15, 0.2) is 47.1 Å². The summed E-state index contributed by atoms with van der Waals surface area (Å²) in [6.07, 6.45) is -0.448. The van der Waals surface area contributed by atoms with E-state index in [1.807, 2.05) is 0 Å². The van der Waals surface area contributed by atoms with Gasteiger partial charge in [-0.15, -0.1) is 0 Å². The molecule has 0 saturated carbocycles. The van der Waals surface area contributed by atoms with E-state index in [0.29, 0.717) is 11.3 Å². The number of benzene rings is 1. The van der Waals surface area contributed by atoms with Gasteiger partial charge >= 0.3 is 11.9 Å². The zero-order chi connectivity index (χ0) is 19.9. The second-order valence-electron chi connectivity index (χ2n) is 6.49. The van der Waals surface area contributed by atoms with Crippen molar-refractivity contribution in [1.82, 2.24) is 0 Å². The number of para-hydroxylation sites is 1. The smallest absolute Gasteiger partial charge is 0.376 e. The Hall–Kier alpha value is -3.29. The molecular formula is C19H20N2O6. The molecule has 2 aliphatic rings. The van der Waals surface area contributed by atoms with E-state index in [0.717, 1.165) is 0 Å². The topological polar surface area (TPSA) is 117 Å². The van der Waals surface area contributed by atoms with Crippen LogP contribution in [0.4, 0.5) is 5.69 Å². The van der Waals surface area contributed by atoms with Crippen LogP contribution in [-0.2, 0) is 34.0 Å². The lowest BCUT2D eigenvalue weighted by Gasteiger charge is -2.35. The van der Waals surface area contributed by atoms with Crippen LogP contribution in [-0.4, -0.2) is 31.1 Å². The number of ether oxygens (including phenoxy) is 3. The Morgan fingerprint density at radius 3 is 2.48 bits per heavy atom. The van der Waals surface area contributed by atoms with Crippen molar-refractivity contribution in [2.75, 3.05) is 12.4 Å². The molecular weight excluding hydrogens is 352 g/mol. The SMILES string of the molecule is COC(=O)C1=C(C)C2(C(=O)Nc3ccccc32)C(N)=C(C(=O)OC(C)C)O1. The number of methoxy groups -OCH3 is 1. The molecule has 1 atom stereocenters. The first-order valence-electron chi connectivity index (χ1n) is 8.34. The second-order valence-corrected chi connectivity index (χ2v) is 6.49.